The number of likely N-dealkylation sites (tertiary alicyclic amines) is 1. The molecule has 2 heterocycles. The Bertz CT molecular complexity index is 434. The van der Waals surface area contributed by atoms with Gasteiger partial charge in [-0.3, -0.25) is 0 Å². The van der Waals surface area contributed by atoms with Crippen LogP contribution in [0.4, 0.5) is 0 Å². The lowest BCUT2D eigenvalue weighted by Gasteiger charge is -2.38. The first-order chi connectivity index (χ1) is 9.99. The second-order valence-electron chi connectivity index (χ2n) is 6.39. The summed E-state index contributed by atoms with van der Waals surface area (Å²) in [5.41, 5.74) is -0.564. The van der Waals surface area contributed by atoms with Crippen molar-refractivity contribution in [3.63, 3.8) is 0 Å². The summed E-state index contributed by atoms with van der Waals surface area (Å²) in [4.78, 5) is 6.58. The Morgan fingerprint density at radius 2 is 1.95 bits per heavy atom. The highest BCUT2D eigenvalue weighted by atomic mass is 16.3. The molecule has 120 valence electrons. The topological polar surface area (TPSA) is 61.5 Å². The van der Waals surface area contributed by atoms with E-state index in [4.69, 9.17) is 0 Å². The van der Waals surface area contributed by atoms with Crippen molar-refractivity contribution < 1.29 is 10.2 Å². The number of rotatable bonds is 6. The van der Waals surface area contributed by atoms with E-state index in [-0.39, 0.29) is 5.92 Å². The lowest BCUT2D eigenvalue weighted by atomic mass is 9.89. The Morgan fingerprint density at radius 1 is 1.33 bits per heavy atom. The molecule has 2 N–H and O–H groups in total. The fraction of sp³-hybridized carbons (Fsp3) is 0.812. The van der Waals surface area contributed by atoms with Gasteiger partial charge in [-0.15, -0.1) is 0 Å². The van der Waals surface area contributed by atoms with Crippen molar-refractivity contribution in [3.8, 4) is 0 Å². The predicted octanol–water partition coefficient (Wildman–Crippen LogP) is 1.72. The van der Waals surface area contributed by atoms with Gasteiger partial charge in [-0.05, 0) is 44.7 Å². The average Bonchev–Trinajstić information content (AvgIpc) is 2.93. The van der Waals surface area contributed by atoms with E-state index in [1.165, 1.54) is 0 Å². The number of piperidine rings is 1. The smallest absolute Gasteiger partial charge is 0.137 e. The Balaban J connectivity index is 1.87. The molecular weight excluding hydrogens is 266 g/mol. The fourth-order valence-electron chi connectivity index (χ4n) is 3.19. The van der Waals surface area contributed by atoms with Crippen LogP contribution in [-0.2, 0) is 7.05 Å². The highest BCUT2D eigenvalue weighted by Gasteiger charge is 2.31. The van der Waals surface area contributed by atoms with Gasteiger partial charge in [0.1, 0.15) is 11.9 Å². The molecule has 0 saturated carbocycles. The van der Waals surface area contributed by atoms with E-state index in [0.29, 0.717) is 0 Å². The van der Waals surface area contributed by atoms with Crippen molar-refractivity contribution in [1.29, 1.82) is 0 Å². The van der Waals surface area contributed by atoms with Gasteiger partial charge >= 0.3 is 0 Å². The van der Waals surface area contributed by atoms with Crippen LogP contribution in [0.5, 0.6) is 0 Å². The van der Waals surface area contributed by atoms with Crippen molar-refractivity contribution in [2.75, 3.05) is 19.6 Å². The van der Waals surface area contributed by atoms with E-state index in [1.54, 1.807) is 6.20 Å². The minimum absolute atomic E-state index is 0.263. The maximum Gasteiger partial charge on any atom is 0.137 e. The van der Waals surface area contributed by atoms with Gasteiger partial charge in [0.25, 0.3) is 0 Å². The van der Waals surface area contributed by atoms with Crippen molar-refractivity contribution in [2.24, 2.45) is 13.0 Å². The zero-order valence-corrected chi connectivity index (χ0v) is 13.5. The molecule has 0 aromatic carbocycles. The molecular formula is C16H29N3O2. The number of nitrogens with zero attached hydrogens (tertiary/aromatic N) is 3. The molecule has 0 amide bonds. The Morgan fingerprint density at radius 3 is 2.43 bits per heavy atom. The summed E-state index contributed by atoms with van der Waals surface area (Å²) in [7, 11) is 1.92. The highest BCUT2D eigenvalue weighted by Crippen LogP contribution is 2.30. The molecule has 1 aliphatic heterocycles. The van der Waals surface area contributed by atoms with Gasteiger partial charge in [-0.1, -0.05) is 13.8 Å². The Labute approximate surface area is 127 Å². The average molecular weight is 295 g/mol. The molecule has 1 aromatic heterocycles. The van der Waals surface area contributed by atoms with Crippen LogP contribution in [0.1, 0.15) is 51.5 Å². The summed E-state index contributed by atoms with van der Waals surface area (Å²) >= 11 is 0. The molecule has 0 aliphatic carbocycles. The summed E-state index contributed by atoms with van der Waals surface area (Å²) in [5.74, 6) is 1.02. The number of imidazole rings is 1. The monoisotopic (exact) mass is 295 g/mol. The molecule has 1 saturated heterocycles. The Hall–Kier alpha value is -0.910. The first kappa shape index (κ1) is 16.5. The second-order valence-corrected chi connectivity index (χ2v) is 6.39. The third-order valence-electron chi connectivity index (χ3n) is 5.04. The molecule has 1 unspecified atom stereocenters. The van der Waals surface area contributed by atoms with Crippen molar-refractivity contribution in [2.45, 2.75) is 51.2 Å². The van der Waals surface area contributed by atoms with Gasteiger partial charge in [0, 0.05) is 26.0 Å². The first-order valence-corrected chi connectivity index (χ1v) is 8.09. The maximum absolute atomic E-state index is 10.5. The van der Waals surface area contributed by atoms with E-state index < -0.39 is 11.7 Å². The largest absolute Gasteiger partial charge is 0.389 e. The van der Waals surface area contributed by atoms with E-state index >= 15 is 0 Å². The highest BCUT2D eigenvalue weighted by molar-refractivity contribution is 4.98. The van der Waals surface area contributed by atoms with Crippen LogP contribution in [0.25, 0.3) is 0 Å². The summed E-state index contributed by atoms with van der Waals surface area (Å²) in [6.45, 7) is 6.70. The molecule has 0 radical (unpaired) electrons. The van der Waals surface area contributed by atoms with Gasteiger partial charge in [0.2, 0.25) is 0 Å². The molecule has 2 rings (SSSR count). The number of aryl methyl sites for hydroxylation is 1. The molecule has 1 atom stereocenters. The summed E-state index contributed by atoms with van der Waals surface area (Å²) in [5, 5.41) is 20.9. The van der Waals surface area contributed by atoms with Crippen LogP contribution < -0.4 is 0 Å². The molecule has 21 heavy (non-hydrogen) atoms. The quantitative estimate of drug-likeness (QED) is 0.839. The molecule has 5 heteroatoms. The minimum atomic E-state index is -0.564. The minimum Gasteiger partial charge on any atom is -0.389 e. The fourth-order valence-corrected chi connectivity index (χ4v) is 3.19. The molecule has 5 nitrogen and oxygen atoms in total. The van der Waals surface area contributed by atoms with Gasteiger partial charge in [-0.25, -0.2) is 4.98 Å². The molecule has 0 bridgehead atoms. The molecule has 1 fully saturated rings. The predicted molar refractivity (Wildman–Crippen MR) is 82.9 cm³/mol. The number of aromatic nitrogens is 2. The van der Waals surface area contributed by atoms with Crippen LogP contribution in [0.3, 0.4) is 0 Å². The van der Waals surface area contributed by atoms with Crippen molar-refractivity contribution in [1.82, 2.24) is 14.5 Å². The first-order valence-electron chi connectivity index (χ1n) is 8.09. The van der Waals surface area contributed by atoms with Crippen LogP contribution in [0, 0.1) is 5.92 Å². The van der Waals surface area contributed by atoms with Crippen LogP contribution in [0.2, 0.25) is 0 Å². The van der Waals surface area contributed by atoms with Gasteiger partial charge in [0.05, 0.1) is 5.60 Å². The standard InChI is InChI=1S/C16H29N3O2/c1-4-16(21,5-2)12-19-9-6-13(7-10-19)14(20)15-17-8-11-18(15)3/h8,11,13-14,20-21H,4-7,9-10,12H2,1-3H3. The molecule has 0 spiro atoms. The second kappa shape index (κ2) is 6.90. The number of β-amino-alcohol motifs (C(OH)–C–C–N with tert-alkyl or cyclic N) is 1. The third kappa shape index (κ3) is 3.84. The van der Waals surface area contributed by atoms with E-state index in [0.717, 1.165) is 51.1 Å². The zero-order chi connectivity index (χ0) is 15.5. The lowest BCUT2D eigenvalue weighted by Crippen LogP contribution is -2.46. The van der Waals surface area contributed by atoms with Crippen molar-refractivity contribution in [3.05, 3.63) is 18.2 Å². The lowest BCUT2D eigenvalue weighted by molar-refractivity contribution is -0.0214. The number of aliphatic hydroxyl groups excluding tert-OH is 1. The van der Waals surface area contributed by atoms with Gasteiger partial charge in [-0.2, -0.15) is 0 Å². The number of aliphatic hydroxyl groups is 2. The van der Waals surface area contributed by atoms with E-state index in [1.807, 2.05) is 31.7 Å². The van der Waals surface area contributed by atoms with Crippen LogP contribution in [-0.4, -0.2) is 49.9 Å². The maximum atomic E-state index is 10.5. The summed E-state index contributed by atoms with van der Waals surface area (Å²) in [6.07, 6.45) is 6.61. The zero-order valence-electron chi connectivity index (χ0n) is 13.5. The molecule has 1 aliphatic rings. The summed E-state index contributed by atoms with van der Waals surface area (Å²) < 4.78 is 1.89. The SMILES string of the molecule is CCC(O)(CC)CN1CCC(C(O)c2nccn2C)CC1. The summed E-state index contributed by atoms with van der Waals surface area (Å²) in [6, 6.07) is 0. The molecule has 1 aromatic rings. The van der Waals surface area contributed by atoms with Gasteiger partial charge in [0.15, 0.2) is 0 Å². The van der Waals surface area contributed by atoms with E-state index in [2.05, 4.69) is 9.88 Å². The Kier molecular flexibility index (Phi) is 5.41. The van der Waals surface area contributed by atoms with Crippen molar-refractivity contribution >= 4 is 0 Å². The number of hydrogen-bond acceptors (Lipinski definition) is 4. The van der Waals surface area contributed by atoms with E-state index in [9.17, 15) is 10.2 Å². The van der Waals surface area contributed by atoms with Crippen LogP contribution in [0.15, 0.2) is 12.4 Å². The normalized spacial score (nSPS) is 19.9. The number of hydrogen-bond donors (Lipinski definition) is 2. The van der Waals surface area contributed by atoms with Gasteiger partial charge < -0.3 is 19.7 Å². The van der Waals surface area contributed by atoms with Crippen LogP contribution >= 0.6 is 0 Å². The third-order valence-corrected chi connectivity index (χ3v) is 5.04.